The van der Waals surface area contributed by atoms with Gasteiger partial charge in [0.2, 0.25) is 0 Å². The zero-order valence-corrected chi connectivity index (χ0v) is 13.8. The molecule has 1 amide bonds. The van der Waals surface area contributed by atoms with Crippen molar-refractivity contribution in [3.05, 3.63) is 22.6 Å². The summed E-state index contributed by atoms with van der Waals surface area (Å²) >= 11 is 0. The maximum atomic E-state index is 12.9. The fourth-order valence-corrected chi connectivity index (χ4v) is 3.89. The van der Waals surface area contributed by atoms with Gasteiger partial charge in [-0.3, -0.25) is 4.79 Å². The van der Waals surface area contributed by atoms with Gasteiger partial charge in [-0.2, -0.15) is 0 Å². The van der Waals surface area contributed by atoms with Crippen molar-refractivity contribution in [2.75, 3.05) is 33.7 Å². The van der Waals surface area contributed by atoms with Gasteiger partial charge >= 0.3 is 0 Å². The third-order valence-corrected chi connectivity index (χ3v) is 4.79. The molecule has 1 aromatic heterocycles. The van der Waals surface area contributed by atoms with E-state index in [1.165, 1.54) is 0 Å². The van der Waals surface area contributed by atoms with Gasteiger partial charge in [0, 0.05) is 25.1 Å². The van der Waals surface area contributed by atoms with Crippen LogP contribution in [0.4, 0.5) is 0 Å². The van der Waals surface area contributed by atoms with E-state index in [9.17, 15) is 9.90 Å². The van der Waals surface area contributed by atoms with E-state index < -0.39 is 5.60 Å². The molecule has 0 bridgehead atoms. The summed E-state index contributed by atoms with van der Waals surface area (Å²) in [5, 5.41) is 10.6. The van der Waals surface area contributed by atoms with Gasteiger partial charge in [0.25, 0.3) is 5.91 Å². The van der Waals surface area contributed by atoms with Crippen molar-refractivity contribution in [1.82, 2.24) is 9.80 Å². The molecule has 0 radical (unpaired) electrons. The van der Waals surface area contributed by atoms with Crippen molar-refractivity contribution in [3.8, 4) is 0 Å². The smallest absolute Gasteiger partial charge is 0.257 e. The molecule has 5 nitrogen and oxygen atoms in total. The Morgan fingerprint density at radius 2 is 2.09 bits per heavy atom. The molecule has 1 N–H and O–H groups in total. The Hall–Kier alpha value is -1.33. The van der Waals surface area contributed by atoms with Crippen molar-refractivity contribution in [2.24, 2.45) is 0 Å². The monoisotopic (exact) mass is 306 g/mol. The number of aliphatic hydroxyl groups is 1. The van der Waals surface area contributed by atoms with Crippen LogP contribution in [0.1, 0.15) is 46.7 Å². The number of amides is 1. The SMILES string of the molecule is Cc1oc2c(c1C(=O)N1CC[C@](O)(CN(C)C)C1)CCCC2. The first-order chi connectivity index (χ1) is 10.4. The molecule has 0 saturated carbocycles. The Morgan fingerprint density at radius 3 is 2.82 bits per heavy atom. The summed E-state index contributed by atoms with van der Waals surface area (Å²) in [4.78, 5) is 16.7. The first-order valence-electron chi connectivity index (χ1n) is 8.17. The molecule has 22 heavy (non-hydrogen) atoms. The Labute approximate surface area is 131 Å². The number of hydrogen-bond donors (Lipinski definition) is 1. The molecule has 2 aliphatic rings. The number of hydrogen-bond acceptors (Lipinski definition) is 4. The van der Waals surface area contributed by atoms with Crippen LogP contribution in [0.5, 0.6) is 0 Å². The molecule has 122 valence electrons. The average molecular weight is 306 g/mol. The van der Waals surface area contributed by atoms with Crippen LogP contribution in [-0.4, -0.2) is 60.1 Å². The molecule has 1 aliphatic carbocycles. The zero-order valence-electron chi connectivity index (χ0n) is 13.8. The lowest BCUT2D eigenvalue weighted by molar-refractivity contribution is 0.0235. The fraction of sp³-hybridized carbons (Fsp3) is 0.706. The standard InChI is InChI=1S/C17H26N2O3/c1-12-15(13-6-4-5-7-14(13)22-12)16(20)19-9-8-17(21,11-19)10-18(2)3/h21H,4-11H2,1-3H3/t17-/m0/s1. The summed E-state index contributed by atoms with van der Waals surface area (Å²) in [5.74, 6) is 1.76. The number of carbonyl (C=O) groups excluding carboxylic acids is 1. The van der Waals surface area contributed by atoms with E-state index in [4.69, 9.17) is 4.42 Å². The van der Waals surface area contributed by atoms with Crippen LogP contribution in [0, 0.1) is 6.92 Å². The number of rotatable bonds is 3. The molecule has 1 aromatic rings. The van der Waals surface area contributed by atoms with Gasteiger partial charge in [-0.1, -0.05) is 0 Å². The number of likely N-dealkylation sites (tertiary alicyclic amines) is 1. The highest BCUT2D eigenvalue weighted by Crippen LogP contribution is 2.32. The van der Waals surface area contributed by atoms with Crippen molar-refractivity contribution in [1.29, 1.82) is 0 Å². The van der Waals surface area contributed by atoms with Gasteiger partial charge < -0.3 is 19.3 Å². The lowest BCUT2D eigenvalue weighted by Crippen LogP contribution is -2.43. The van der Waals surface area contributed by atoms with Crippen LogP contribution in [-0.2, 0) is 12.8 Å². The molecule has 3 rings (SSSR count). The molecule has 1 saturated heterocycles. The molecular weight excluding hydrogens is 280 g/mol. The molecule has 0 unspecified atom stereocenters. The van der Waals surface area contributed by atoms with Gasteiger partial charge in [0.1, 0.15) is 11.5 Å². The van der Waals surface area contributed by atoms with E-state index in [1.807, 2.05) is 25.9 Å². The fourth-order valence-electron chi connectivity index (χ4n) is 3.89. The van der Waals surface area contributed by atoms with Crippen molar-refractivity contribution in [3.63, 3.8) is 0 Å². The number of furan rings is 1. The minimum atomic E-state index is -0.795. The second-order valence-electron chi connectivity index (χ2n) is 7.08. The van der Waals surface area contributed by atoms with E-state index in [-0.39, 0.29) is 5.91 Å². The largest absolute Gasteiger partial charge is 0.465 e. The molecule has 1 atom stereocenters. The van der Waals surface area contributed by atoms with Crippen LogP contribution in [0.2, 0.25) is 0 Å². The summed E-state index contributed by atoms with van der Waals surface area (Å²) < 4.78 is 5.82. The molecule has 5 heteroatoms. The summed E-state index contributed by atoms with van der Waals surface area (Å²) in [6.45, 7) is 3.48. The maximum absolute atomic E-state index is 12.9. The number of likely N-dealkylation sites (N-methyl/N-ethyl adjacent to an activating group) is 1. The van der Waals surface area contributed by atoms with Crippen LogP contribution >= 0.6 is 0 Å². The van der Waals surface area contributed by atoms with Gasteiger partial charge in [-0.15, -0.1) is 0 Å². The Balaban J connectivity index is 1.80. The highest BCUT2D eigenvalue weighted by molar-refractivity contribution is 5.97. The lowest BCUT2D eigenvalue weighted by Gasteiger charge is -2.26. The highest BCUT2D eigenvalue weighted by atomic mass is 16.3. The minimum absolute atomic E-state index is 0.0269. The topological polar surface area (TPSA) is 56.9 Å². The normalized spacial score (nSPS) is 24.9. The molecule has 1 fully saturated rings. The quantitative estimate of drug-likeness (QED) is 0.922. The van der Waals surface area contributed by atoms with Gasteiger partial charge in [0.15, 0.2) is 0 Å². The summed E-state index contributed by atoms with van der Waals surface area (Å²) in [6.07, 6.45) is 4.77. The van der Waals surface area contributed by atoms with Crippen LogP contribution in [0.3, 0.4) is 0 Å². The van der Waals surface area contributed by atoms with E-state index >= 15 is 0 Å². The number of nitrogens with zero attached hydrogens (tertiary/aromatic N) is 2. The van der Waals surface area contributed by atoms with Crippen LogP contribution in [0.25, 0.3) is 0 Å². The van der Waals surface area contributed by atoms with Crippen molar-refractivity contribution in [2.45, 2.75) is 44.6 Å². The Morgan fingerprint density at radius 1 is 1.36 bits per heavy atom. The zero-order chi connectivity index (χ0) is 15.9. The second kappa shape index (κ2) is 5.70. The molecule has 2 heterocycles. The number of β-amino-alcohol motifs (C(OH)–C–C–N with tert-alkyl or cyclic N) is 1. The van der Waals surface area contributed by atoms with Crippen LogP contribution < -0.4 is 0 Å². The predicted molar refractivity (Wildman–Crippen MR) is 84.1 cm³/mol. The molecule has 1 aliphatic heterocycles. The van der Waals surface area contributed by atoms with E-state index in [1.54, 1.807) is 4.90 Å². The van der Waals surface area contributed by atoms with E-state index in [0.717, 1.165) is 48.3 Å². The van der Waals surface area contributed by atoms with Gasteiger partial charge in [-0.05, 0) is 46.7 Å². The Bertz CT molecular complexity index is 579. The van der Waals surface area contributed by atoms with Crippen LogP contribution in [0.15, 0.2) is 4.42 Å². The van der Waals surface area contributed by atoms with Gasteiger partial charge in [-0.25, -0.2) is 0 Å². The summed E-state index contributed by atoms with van der Waals surface area (Å²) in [6, 6.07) is 0. The minimum Gasteiger partial charge on any atom is -0.465 e. The predicted octanol–water partition coefficient (Wildman–Crippen LogP) is 1.61. The van der Waals surface area contributed by atoms with E-state index in [2.05, 4.69) is 0 Å². The first-order valence-corrected chi connectivity index (χ1v) is 8.17. The summed E-state index contributed by atoms with van der Waals surface area (Å²) in [7, 11) is 3.89. The molecular formula is C17H26N2O3. The van der Waals surface area contributed by atoms with Gasteiger partial charge in [0.05, 0.1) is 17.7 Å². The number of carbonyl (C=O) groups is 1. The Kier molecular flexibility index (Phi) is 4.03. The first kappa shape index (κ1) is 15.6. The van der Waals surface area contributed by atoms with Crippen molar-refractivity contribution < 1.29 is 14.3 Å². The van der Waals surface area contributed by atoms with E-state index in [0.29, 0.717) is 26.1 Å². The molecule has 0 aromatic carbocycles. The third-order valence-electron chi connectivity index (χ3n) is 4.79. The lowest BCUT2D eigenvalue weighted by atomic mass is 9.94. The number of aryl methyl sites for hydroxylation is 2. The highest BCUT2D eigenvalue weighted by Gasteiger charge is 2.40. The maximum Gasteiger partial charge on any atom is 0.257 e. The summed E-state index contributed by atoms with van der Waals surface area (Å²) in [5.41, 5.74) is 1.07. The number of fused-ring (bicyclic) bond motifs is 1. The average Bonchev–Trinajstić information content (AvgIpc) is 2.97. The second-order valence-corrected chi connectivity index (χ2v) is 7.08. The third kappa shape index (κ3) is 2.79. The molecule has 0 spiro atoms. The van der Waals surface area contributed by atoms with Crippen molar-refractivity contribution >= 4 is 5.91 Å².